The van der Waals surface area contributed by atoms with E-state index in [0.29, 0.717) is 5.95 Å². The zero-order valence-corrected chi connectivity index (χ0v) is 16.8. The summed E-state index contributed by atoms with van der Waals surface area (Å²) in [5.41, 5.74) is 4.39. The van der Waals surface area contributed by atoms with Crippen LogP contribution in [0.2, 0.25) is 0 Å². The summed E-state index contributed by atoms with van der Waals surface area (Å²) in [4.78, 5) is 16.5. The van der Waals surface area contributed by atoms with E-state index >= 15 is 0 Å². The Morgan fingerprint density at radius 2 is 1.96 bits per heavy atom. The molecule has 28 heavy (non-hydrogen) atoms. The van der Waals surface area contributed by atoms with E-state index < -0.39 is 0 Å². The predicted octanol–water partition coefficient (Wildman–Crippen LogP) is 3.15. The lowest BCUT2D eigenvalue weighted by Crippen LogP contribution is -2.32. The zero-order chi connectivity index (χ0) is 19.7. The number of fused-ring (bicyclic) bond motifs is 2. The SMILES string of the molecule is CC[C@H](CO)Nc1nc(N2CCc3ccccc3C2)c2ncn(C(C)C)c2n1. The van der Waals surface area contributed by atoms with Gasteiger partial charge in [-0.3, -0.25) is 0 Å². The molecule has 2 N–H and O–H groups in total. The van der Waals surface area contributed by atoms with Crippen molar-refractivity contribution in [3.8, 4) is 0 Å². The summed E-state index contributed by atoms with van der Waals surface area (Å²) in [6, 6.07) is 8.76. The van der Waals surface area contributed by atoms with Crippen LogP contribution in [0.5, 0.6) is 0 Å². The van der Waals surface area contributed by atoms with E-state index in [9.17, 15) is 5.11 Å². The fraction of sp³-hybridized carbons (Fsp3) is 0.476. The maximum Gasteiger partial charge on any atom is 0.227 e. The third-order valence-electron chi connectivity index (χ3n) is 5.44. The Balaban J connectivity index is 1.78. The quantitative estimate of drug-likeness (QED) is 0.684. The number of nitrogens with zero attached hydrogens (tertiary/aromatic N) is 5. The molecule has 7 nitrogen and oxygen atoms in total. The first kappa shape index (κ1) is 18.7. The third-order valence-corrected chi connectivity index (χ3v) is 5.44. The number of benzene rings is 1. The van der Waals surface area contributed by atoms with Gasteiger partial charge in [-0.25, -0.2) is 4.98 Å². The van der Waals surface area contributed by atoms with Gasteiger partial charge >= 0.3 is 0 Å². The van der Waals surface area contributed by atoms with E-state index in [1.807, 2.05) is 13.3 Å². The van der Waals surface area contributed by atoms with E-state index in [0.717, 1.165) is 42.9 Å². The standard InChI is InChI=1S/C21H28N6O/c1-4-17(12-28)23-21-24-19(18-20(25-21)27(13-22-18)14(2)3)26-10-9-15-7-5-6-8-16(15)11-26/h5-8,13-14,17,28H,4,9-12H2,1-3H3,(H,23,24,25)/t17-/m1/s1. The molecule has 1 aliphatic heterocycles. The molecule has 148 valence electrons. The molecule has 0 spiro atoms. The van der Waals surface area contributed by atoms with Gasteiger partial charge in [0.05, 0.1) is 19.0 Å². The van der Waals surface area contributed by atoms with Crippen molar-refractivity contribution in [1.29, 1.82) is 0 Å². The number of rotatable bonds is 6. The lowest BCUT2D eigenvalue weighted by molar-refractivity contribution is 0.271. The Labute approximate surface area is 165 Å². The zero-order valence-electron chi connectivity index (χ0n) is 16.8. The van der Waals surface area contributed by atoms with E-state index in [4.69, 9.17) is 9.97 Å². The number of anilines is 2. The molecule has 0 amide bonds. The largest absolute Gasteiger partial charge is 0.394 e. The van der Waals surface area contributed by atoms with Crippen molar-refractivity contribution in [2.24, 2.45) is 0 Å². The highest BCUT2D eigenvalue weighted by molar-refractivity contribution is 5.85. The summed E-state index contributed by atoms with van der Waals surface area (Å²) in [5, 5.41) is 12.9. The molecule has 3 heterocycles. The topological polar surface area (TPSA) is 79.1 Å². The van der Waals surface area contributed by atoms with E-state index in [1.54, 1.807) is 0 Å². The minimum absolute atomic E-state index is 0.0494. The number of aliphatic hydroxyl groups is 1. The molecule has 0 fully saturated rings. The van der Waals surface area contributed by atoms with Crippen LogP contribution in [-0.4, -0.2) is 43.8 Å². The van der Waals surface area contributed by atoms with Crippen LogP contribution in [-0.2, 0) is 13.0 Å². The molecule has 1 atom stereocenters. The number of nitrogens with one attached hydrogen (secondary N) is 1. The second-order valence-electron chi connectivity index (χ2n) is 7.66. The van der Waals surface area contributed by atoms with Gasteiger partial charge in [0.1, 0.15) is 0 Å². The fourth-order valence-corrected chi connectivity index (χ4v) is 3.70. The Morgan fingerprint density at radius 3 is 2.68 bits per heavy atom. The third kappa shape index (κ3) is 3.42. The summed E-state index contributed by atoms with van der Waals surface area (Å²) in [6.45, 7) is 8.04. The van der Waals surface area contributed by atoms with Gasteiger partial charge in [-0.1, -0.05) is 31.2 Å². The summed E-state index contributed by atoms with van der Waals surface area (Å²) < 4.78 is 2.07. The Morgan fingerprint density at radius 1 is 1.18 bits per heavy atom. The normalized spacial score (nSPS) is 15.1. The van der Waals surface area contributed by atoms with Crippen molar-refractivity contribution >= 4 is 22.9 Å². The summed E-state index contributed by atoms with van der Waals surface area (Å²) >= 11 is 0. The second-order valence-corrected chi connectivity index (χ2v) is 7.66. The first-order valence-electron chi connectivity index (χ1n) is 10.0. The van der Waals surface area contributed by atoms with Gasteiger partial charge in [0.15, 0.2) is 17.0 Å². The van der Waals surface area contributed by atoms with Crippen molar-refractivity contribution in [2.75, 3.05) is 23.4 Å². The van der Waals surface area contributed by atoms with Crippen molar-refractivity contribution in [2.45, 2.75) is 52.2 Å². The number of imidazole rings is 1. The molecule has 2 aromatic heterocycles. The summed E-state index contributed by atoms with van der Waals surface area (Å²) in [6.07, 6.45) is 3.63. The lowest BCUT2D eigenvalue weighted by Gasteiger charge is -2.30. The van der Waals surface area contributed by atoms with Crippen LogP contribution in [0.3, 0.4) is 0 Å². The van der Waals surface area contributed by atoms with Crippen LogP contribution in [0.15, 0.2) is 30.6 Å². The first-order valence-corrected chi connectivity index (χ1v) is 10.0. The molecule has 0 radical (unpaired) electrons. The van der Waals surface area contributed by atoms with Crippen molar-refractivity contribution < 1.29 is 5.11 Å². The van der Waals surface area contributed by atoms with Gasteiger partial charge in [0.25, 0.3) is 0 Å². The first-order chi connectivity index (χ1) is 13.6. The van der Waals surface area contributed by atoms with E-state index in [1.165, 1.54) is 11.1 Å². The number of hydrogen-bond donors (Lipinski definition) is 2. The molecule has 3 aromatic rings. The average molecular weight is 380 g/mol. The van der Waals surface area contributed by atoms with Gasteiger partial charge < -0.3 is 19.9 Å². The van der Waals surface area contributed by atoms with Gasteiger partial charge in [0, 0.05) is 19.1 Å². The molecule has 1 aromatic carbocycles. The Bertz CT molecular complexity index is 963. The van der Waals surface area contributed by atoms with Crippen LogP contribution in [0.4, 0.5) is 11.8 Å². The Hall–Kier alpha value is -2.67. The second kappa shape index (κ2) is 7.75. The van der Waals surface area contributed by atoms with Crippen molar-refractivity contribution in [1.82, 2.24) is 19.5 Å². The van der Waals surface area contributed by atoms with Gasteiger partial charge in [-0.05, 0) is 37.8 Å². The van der Waals surface area contributed by atoms with Gasteiger partial charge in [0.2, 0.25) is 5.95 Å². The lowest BCUT2D eigenvalue weighted by atomic mass is 10.00. The maximum absolute atomic E-state index is 9.58. The van der Waals surface area contributed by atoms with Gasteiger partial charge in [-0.15, -0.1) is 0 Å². The highest BCUT2D eigenvalue weighted by Crippen LogP contribution is 2.30. The molecule has 0 aliphatic carbocycles. The number of hydrogen-bond acceptors (Lipinski definition) is 6. The molecule has 0 bridgehead atoms. The molecular weight excluding hydrogens is 352 g/mol. The smallest absolute Gasteiger partial charge is 0.227 e. The van der Waals surface area contributed by atoms with Crippen LogP contribution in [0.25, 0.3) is 11.2 Å². The fourth-order valence-electron chi connectivity index (χ4n) is 3.70. The molecule has 0 saturated carbocycles. The predicted molar refractivity (Wildman–Crippen MR) is 112 cm³/mol. The minimum Gasteiger partial charge on any atom is -0.394 e. The van der Waals surface area contributed by atoms with Crippen molar-refractivity contribution in [3.05, 3.63) is 41.7 Å². The molecule has 4 rings (SSSR count). The summed E-state index contributed by atoms with van der Waals surface area (Å²) in [7, 11) is 0. The van der Waals surface area contributed by atoms with Crippen LogP contribution >= 0.6 is 0 Å². The monoisotopic (exact) mass is 380 g/mol. The highest BCUT2D eigenvalue weighted by atomic mass is 16.3. The molecule has 0 unspecified atom stereocenters. The maximum atomic E-state index is 9.58. The van der Waals surface area contributed by atoms with Crippen LogP contribution in [0.1, 0.15) is 44.4 Å². The number of aromatic nitrogens is 4. The molecule has 7 heteroatoms. The summed E-state index contributed by atoms with van der Waals surface area (Å²) in [5.74, 6) is 1.40. The number of aliphatic hydroxyl groups excluding tert-OH is 1. The van der Waals surface area contributed by atoms with Crippen LogP contribution < -0.4 is 10.2 Å². The average Bonchev–Trinajstić information content (AvgIpc) is 3.15. The molecule has 0 saturated heterocycles. The van der Waals surface area contributed by atoms with E-state index in [2.05, 4.69) is 57.9 Å². The Kier molecular flexibility index (Phi) is 5.17. The molecular formula is C21H28N6O. The highest BCUT2D eigenvalue weighted by Gasteiger charge is 2.23. The minimum atomic E-state index is -0.0668. The van der Waals surface area contributed by atoms with Crippen molar-refractivity contribution in [3.63, 3.8) is 0 Å². The van der Waals surface area contributed by atoms with Crippen LogP contribution in [0, 0.1) is 0 Å². The molecule has 1 aliphatic rings. The van der Waals surface area contributed by atoms with E-state index in [-0.39, 0.29) is 18.7 Å². The van der Waals surface area contributed by atoms with Gasteiger partial charge in [-0.2, -0.15) is 9.97 Å².